The van der Waals surface area contributed by atoms with Gasteiger partial charge in [0.25, 0.3) is 0 Å². The van der Waals surface area contributed by atoms with Crippen LogP contribution in [0.2, 0.25) is 0 Å². The molecule has 1 aliphatic rings. The fourth-order valence-electron chi connectivity index (χ4n) is 2.35. The number of benzene rings is 1. The maximum Gasteiger partial charge on any atom is 0.0638 e. The summed E-state index contributed by atoms with van der Waals surface area (Å²) in [6.45, 7) is 4.53. The Kier molecular flexibility index (Phi) is 4.23. The first kappa shape index (κ1) is 11.5. The second kappa shape index (κ2) is 5.90. The highest BCUT2D eigenvalue weighted by Gasteiger charge is 2.11. The Bertz CT molecular complexity index is 336. The summed E-state index contributed by atoms with van der Waals surface area (Å²) in [4.78, 5) is 0. The topological polar surface area (TPSA) is 21.3 Å². The molecule has 0 heterocycles. The van der Waals surface area contributed by atoms with Crippen LogP contribution in [0.1, 0.15) is 30.9 Å². The van der Waals surface area contributed by atoms with Gasteiger partial charge in [-0.05, 0) is 49.8 Å². The van der Waals surface area contributed by atoms with E-state index in [4.69, 9.17) is 4.74 Å². The van der Waals surface area contributed by atoms with Crippen molar-refractivity contribution < 1.29 is 4.74 Å². The fraction of sp³-hybridized carbons (Fsp3) is 0.571. The van der Waals surface area contributed by atoms with Crippen molar-refractivity contribution in [3.05, 3.63) is 29.3 Å². The van der Waals surface area contributed by atoms with E-state index in [0.717, 1.165) is 19.8 Å². The van der Waals surface area contributed by atoms with E-state index < -0.39 is 0 Å². The number of hydrogen-bond donors (Lipinski definition) is 1. The first-order valence-electron chi connectivity index (χ1n) is 6.34. The summed E-state index contributed by atoms with van der Waals surface area (Å²) in [6.07, 6.45) is 5.15. The molecular weight excluding hydrogens is 198 g/mol. The van der Waals surface area contributed by atoms with Gasteiger partial charge in [0.05, 0.1) is 6.61 Å². The van der Waals surface area contributed by atoms with Crippen LogP contribution in [0.4, 0.5) is 5.69 Å². The van der Waals surface area contributed by atoms with Crippen molar-refractivity contribution >= 4 is 5.69 Å². The second-order valence-electron chi connectivity index (χ2n) is 4.27. The van der Waals surface area contributed by atoms with E-state index in [1.54, 1.807) is 0 Å². The molecule has 1 N–H and O–H groups in total. The quantitative estimate of drug-likeness (QED) is 0.769. The number of nitrogens with one attached hydrogen (secondary N) is 1. The average molecular weight is 219 g/mol. The highest BCUT2D eigenvalue weighted by Crippen LogP contribution is 2.27. The van der Waals surface area contributed by atoms with Gasteiger partial charge in [-0.15, -0.1) is 0 Å². The summed E-state index contributed by atoms with van der Waals surface area (Å²) in [7, 11) is 0. The molecular formula is C14H21NO. The maximum atomic E-state index is 5.34. The Balaban J connectivity index is 1.97. The molecule has 2 rings (SSSR count). The molecule has 2 nitrogen and oxygen atoms in total. The second-order valence-corrected chi connectivity index (χ2v) is 4.27. The van der Waals surface area contributed by atoms with Crippen molar-refractivity contribution in [2.24, 2.45) is 0 Å². The fourth-order valence-corrected chi connectivity index (χ4v) is 2.35. The standard InChI is InChI=1S/C14H21NO/c1-2-16-11-10-15-14-9-5-7-12-6-3-4-8-13(12)14/h5,7,9,15H,2-4,6,8,10-11H2,1H3. The minimum Gasteiger partial charge on any atom is -0.382 e. The summed E-state index contributed by atoms with van der Waals surface area (Å²) >= 11 is 0. The van der Waals surface area contributed by atoms with Gasteiger partial charge in [0.2, 0.25) is 0 Å². The largest absolute Gasteiger partial charge is 0.382 e. The van der Waals surface area contributed by atoms with E-state index in [1.807, 2.05) is 6.92 Å². The normalized spacial score (nSPS) is 14.6. The molecule has 0 aromatic heterocycles. The van der Waals surface area contributed by atoms with Gasteiger partial charge in [0.15, 0.2) is 0 Å². The summed E-state index contributed by atoms with van der Waals surface area (Å²) in [5.74, 6) is 0. The Morgan fingerprint density at radius 1 is 1.25 bits per heavy atom. The van der Waals surface area contributed by atoms with Crippen LogP contribution in [0, 0.1) is 0 Å². The van der Waals surface area contributed by atoms with E-state index in [-0.39, 0.29) is 0 Å². The Morgan fingerprint density at radius 3 is 3.00 bits per heavy atom. The van der Waals surface area contributed by atoms with Gasteiger partial charge in [-0.1, -0.05) is 12.1 Å². The Labute approximate surface area is 98.0 Å². The summed E-state index contributed by atoms with van der Waals surface area (Å²) in [5.41, 5.74) is 4.38. The molecule has 16 heavy (non-hydrogen) atoms. The van der Waals surface area contributed by atoms with Crippen molar-refractivity contribution in [3.8, 4) is 0 Å². The molecule has 0 radical (unpaired) electrons. The van der Waals surface area contributed by atoms with Crippen molar-refractivity contribution in [2.75, 3.05) is 25.1 Å². The molecule has 0 amide bonds. The van der Waals surface area contributed by atoms with Crippen molar-refractivity contribution in [3.63, 3.8) is 0 Å². The Hall–Kier alpha value is -1.02. The lowest BCUT2D eigenvalue weighted by atomic mass is 9.90. The van der Waals surface area contributed by atoms with E-state index in [1.165, 1.54) is 42.5 Å². The molecule has 88 valence electrons. The minimum atomic E-state index is 0.792. The molecule has 0 spiro atoms. The van der Waals surface area contributed by atoms with Gasteiger partial charge >= 0.3 is 0 Å². The van der Waals surface area contributed by atoms with Crippen molar-refractivity contribution in [1.29, 1.82) is 0 Å². The predicted octanol–water partition coefficient (Wildman–Crippen LogP) is 3.01. The number of anilines is 1. The lowest BCUT2D eigenvalue weighted by Gasteiger charge is -2.20. The SMILES string of the molecule is CCOCCNc1cccc2c1CCCC2. The number of fused-ring (bicyclic) bond motifs is 1. The van der Waals surface area contributed by atoms with Gasteiger partial charge < -0.3 is 10.1 Å². The molecule has 0 fully saturated rings. The third kappa shape index (κ3) is 2.76. The van der Waals surface area contributed by atoms with Crippen LogP contribution in [0.15, 0.2) is 18.2 Å². The Morgan fingerprint density at radius 2 is 2.12 bits per heavy atom. The van der Waals surface area contributed by atoms with Crippen LogP contribution < -0.4 is 5.32 Å². The molecule has 2 heteroatoms. The predicted molar refractivity (Wildman–Crippen MR) is 68.1 cm³/mol. The third-order valence-corrected chi connectivity index (χ3v) is 3.16. The zero-order valence-electron chi connectivity index (χ0n) is 10.1. The molecule has 1 aromatic carbocycles. The first-order chi connectivity index (χ1) is 7.92. The summed E-state index contributed by atoms with van der Waals surface area (Å²) in [6, 6.07) is 6.62. The summed E-state index contributed by atoms with van der Waals surface area (Å²) in [5, 5.41) is 3.48. The number of ether oxygens (including phenoxy) is 1. The highest BCUT2D eigenvalue weighted by molar-refractivity contribution is 5.55. The maximum absolute atomic E-state index is 5.34. The van der Waals surface area contributed by atoms with Crippen LogP contribution in [-0.4, -0.2) is 19.8 Å². The van der Waals surface area contributed by atoms with E-state index >= 15 is 0 Å². The number of hydrogen-bond acceptors (Lipinski definition) is 2. The molecule has 0 saturated carbocycles. The van der Waals surface area contributed by atoms with Crippen LogP contribution in [0.5, 0.6) is 0 Å². The number of rotatable bonds is 5. The minimum absolute atomic E-state index is 0.792. The molecule has 0 saturated heterocycles. The molecule has 0 atom stereocenters. The van der Waals surface area contributed by atoms with Gasteiger partial charge in [0, 0.05) is 18.8 Å². The van der Waals surface area contributed by atoms with Gasteiger partial charge in [-0.3, -0.25) is 0 Å². The van der Waals surface area contributed by atoms with Gasteiger partial charge in [-0.2, -0.15) is 0 Å². The molecule has 1 aliphatic carbocycles. The highest BCUT2D eigenvalue weighted by atomic mass is 16.5. The molecule has 1 aromatic rings. The molecule has 0 unspecified atom stereocenters. The third-order valence-electron chi connectivity index (χ3n) is 3.16. The lowest BCUT2D eigenvalue weighted by molar-refractivity contribution is 0.158. The summed E-state index contributed by atoms with van der Waals surface area (Å²) < 4.78 is 5.34. The zero-order valence-corrected chi connectivity index (χ0v) is 10.1. The molecule has 0 bridgehead atoms. The smallest absolute Gasteiger partial charge is 0.0638 e. The van der Waals surface area contributed by atoms with E-state index in [2.05, 4.69) is 23.5 Å². The van der Waals surface area contributed by atoms with E-state index in [9.17, 15) is 0 Å². The van der Waals surface area contributed by atoms with E-state index in [0.29, 0.717) is 0 Å². The lowest BCUT2D eigenvalue weighted by Crippen LogP contribution is -2.13. The van der Waals surface area contributed by atoms with Crippen LogP contribution in [-0.2, 0) is 17.6 Å². The first-order valence-corrected chi connectivity index (χ1v) is 6.34. The molecule has 0 aliphatic heterocycles. The van der Waals surface area contributed by atoms with Crippen LogP contribution in [0.25, 0.3) is 0 Å². The zero-order chi connectivity index (χ0) is 11.2. The monoisotopic (exact) mass is 219 g/mol. The van der Waals surface area contributed by atoms with Gasteiger partial charge in [0.1, 0.15) is 0 Å². The van der Waals surface area contributed by atoms with Gasteiger partial charge in [-0.25, -0.2) is 0 Å². The van der Waals surface area contributed by atoms with Crippen LogP contribution in [0.3, 0.4) is 0 Å². The number of aryl methyl sites for hydroxylation is 1. The van der Waals surface area contributed by atoms with Crippen molar-refractivity contribution in [2.45, 2.75) is 32.6 Å². The van der Waals surface area contributed by atoms with Crippen molar-refractivity contribution in [1.82, 2.24) is 0 Å². The van der Waals surface area contributed by atoms with Crippen LogP contribution >= 0.6 is 0 Å². The average Bonchev–Trinajstić information content (AvgIpc) is 2.35.